The van der Waals surface area contributed by atoms with Gasteiger partial charge in [-0.2, -0.15) is 0 Å². The third-order valence-corrected chi connectivity index (χ3v) is 3.45. The van der Waals surface area contributed by atoms with Crippen LogP contribution in [0.3, 0.4) is 0 Å². The van der Waals surface area contributed by atoms with E-state index in [-0.39, 0.29) is 25.0 Å². The number of esters is 2. The minimum atomic E-state index is -1.49. The molecule has 0 unspecified atom stereocenters. The molecule has 0 aromatic rings. The van der Waals surface area contributed by atoms with Crippen LogP contribution in [-0.2, 0) is 28.6 Å². The normalized spacial score (nSPS) is 29.9. The van der Waals surface area contributed by atoms with Gasteiger partial charge in [0.25, 0.3) is 5.79 Å². The second-order valence-electron chi connectivity index (χ2n) is 5.12. The van der Waals surface area contributed by atoms with Crippen molar-refractivity contribution in [3.05, 3.63) is 0 Å². The fourth-order valence-electron chi connectivity index (χ4n) is 2.46. The Labute approximate surface area is 105 Å². The van der Waals surface area contributed by atoms with E-state index < -0.39 is 29.2 Å². The van der Waals surface area contributed by atoms with Crippen LogP contribution in [0, 0.1) is 5.41 Å². The number of methoxy groups -OCH3 is 1. The molecule has 0 bridgehead atoms. The van der Waals surface area contributed by atoms with Crippen molar-refractivity contribution in [2.75, 3.05) is 7.11 Å². The predicted molar refractivity (Wildman–Crippen MR) is 58.4 cm³/mol. The summed E-state index contributed by atoms with van der Waals surface area (Å²) in [6.45, 7) is 2.98. The molecule has 6 heteroatoms. The second kappa shape index (κ2) is 4.05. The fraction of sp³-hybridized carbons (Fsp3) is 0.750. The third kappa shape index (κ3) is 1.80. The number of Topliss-reactive ketones (excluding diaryl/α,β-unsaturated/α-hetero) is 1. The first kappa shape index (κ1) is 13.0. The molecule has 0 radical (unpaired) electrons. The maximum atomic E-state index is 12.2. The quantitative estimate of drug-likeness (QED) is 0.504. The van der Waals surface area contributed by atoms with Gasteiger partial charge in [0.1, 0.15) is 5.78 Å². The van der Waals surface area contributed by atoms with Gasteiger partial charge in [-0.3, -0.25) is 14.4 Å². The minimum absolute atomic E-state index is 0.0289. The van der Waals surface area contributed by atoms with Gasteiger partial charge in [-0.1, -0.05) is 0 Å². The van der Waals surface area contributed by atoms with Crippen LogP contribution in [0.25, 0.3) is 0 Å². The molecule has 1 aliphatic carbocycles. The molecule has 100 valence electrons. The van der Waals surface area contributed by atoms with Crippen molar-refractivity contribution in [3.63, 3.8) is 0 Å². The topological polar surface area (TPSA) is 78.9 Å². The van der Waals surface area contributed by atoms with Gasteiger partial charge in [0.2, 0.25) is 0 Å². The number of hydrogen-bond donors (Lipinski definition) is 0. The predicted octanol–water partition coefficient (Wildman–Crippen LogP) is 0.577. The number of ether oxygens (including phenoxy) is 3. The Bertz CT molecular complexity index is 391. The molecule has 1 saturated heterocycles. The van der Waals surface area contributed by atoms with Crippen LogP contribution in [-0.4, -0.2) is 36.7 Å². The Hall–Kier alpha value is -1.43. The van der Waals surface area contributed by atoms with Crippen molar-refractivity contribution in [1.29, 1.82) is 0 Å². The number of cyclic esters (lactones) is 2. The van der Waals surface area contributed by atoms with E-state index in [9.17, 15) is 14.4 Å². The van der Waals surface area contributed by atoms with Gasteiger partial charge >= 0.3 is 11.9 Å². The van der Waals surface area contributed by atoms with Crippen molar-refractivity contribution < 1.29 is 28.6 Å². The maximum Gasteiger partial charge on any atom is 0.329 e. The highest BCUT2D eigenvalue weighted by molar-refractivity contribution is 6.04. The summed E-state index contributed by atoms with van der Waals surface area (Å²) in [6.07, 6.45) is -0.543. The van der Waals surface area contributed by atoms with Crippen molar-refractivity contribution in [1.82, 2.24) is 0 Å². The lowest BCUT2D eigenvalue weighted by Crippen LogP contribution is -2.61. The summed E-state index contributed by atoms with van der Waals surface area (Å²) in [5.74, 6) is -2.62. The lowest BCUT2D eigenvalue weighted by molar-refractivity contribution is -0.261. The minimum Gasteiger partial charge on any atom is -0.422 e. The van der Waals surface area contributed by atoms with Crippen LogP contribution in [0.15, 0.2) is 0 Å². The fourth-order valence-corrected chi connectivity index (χ4v) is 2.46. The molecule has 0 aromatic heterocycles. The van der Waals surface area contributed by atoms with E-state index in [0.29, 0.717) is 0 Å². The Morgan fingerprint density at radius 3 is 2.22 bits per heavy atom. The summed E-state index contributed by atoms with van der Waals surface area (Å²) < 4.78 is 15.4. The Morgan fingerprint density at radius 1 is 1.17 bits per heavy atom. The monoisotopic (exact) mass is 256 g/mol. The van der Waals surface area contributed by atoms with Crippen LogP contribution in [0.4, 0.5) is 0 Å². The van der Waals surface area contributed by atoms with Gasteiger partial charge in [-0.15, -0.1) is 0 Å². The zero-order chi connectivity index (χ0) is 13.6. The lowest BCUT2D eigenvalue weighted by Gasteiger charge is -2.44. The van der Waals surface area contributed by atoms with Crippen LogP contribution in [0.2, 0.25) is 0 Å². The second-order valence-corrected chi connectivity index (χ2v) is 5.12. The van der Waals surface area contributed by atoms with E-state index in [4.69, 9.17) is 14.2 Å². The average Bonchev–Trinajstić information content (AvgIpc) is 2.25. The molecule has 6 nitrogen and oxygen atoms in total. The number of carbonyl (C=O) groups is 3. The largest absolute Gasteiger partial charge is 0.422 e. The number of hydrogen-bond acceptors (Lipinski definition) is 6. The van der Waals surface area contributed by atoms with Crippen molar-refractivity contribution in [3.8, 4) is 0 Å². The van der Waals surface area contributed by atoms with Gasteiger partial charge in [-0.25, -0.2) is 0 Å². The van der Waals surface area contributed by atoms with Crippen molar-refractivity contribution in [2.24, 2.45) is 5.41 Å². The molecule has 0 amide bonds. The Morgan fingerprint density at radius 2 is 1.72 bits per heavy atom. The van der Waals surface area contributed by atoms with Crippen LogP contribution in [0.1, 0.15) is 33.1 Å². The van der Waals surface area contributed by atoms with E-state index in [1.165, 1.54) is 21.0 Å². The van der Waals surface area contributed by atoms with Gasteiger partial charge in [0.15, 0.2) is 5.41 Å². The summed E-state index contributed by atoms with van der Waals surface area (Å²) in [5, 5.41) is 0. The molecule has 2 fully saturated rings. The van der Waals surface area contributed by atoms with E-state index in [2.05, 4.69) is 0 Å². The Kier molecular flexibility index (Phi) is 2.93. The summed E-state index contributed by atoms with van der Waals surface area (Å²) in [7, 11) is 1.37. The molecule has 1 spiro atoms. The van der Waals surface area contributed by atoms with Crippen molar-refractivity contribution >= 4 is 17.7 Å². The van der Waals surface area contributed by atoms with Crippen LogP contribution in [0.5, 0.6) is 0 Å². The van der Waals surface area contributed by atoms with E-state index >= 15 is 0 Å². The van der Waals surface area contributed by atoms with Crippen LogP contribution >= 0.6 is 0 Å². The summed E-state index contributed by atoms with van der Waals surface area (Å²) in [4.78, 5) is 35.7. The highest BCUT2D eigenvalue weighted by Crippen LogP contribution is 2.44. The molecule has 18 heavy (non-hydrogen) atoms. The first-order chi connectivity index (χ1) is 8.32. The molecule has 0 N–H and O–H groups in total. The number of carbonyl (C=O) groups excluding carboxylic acids is 3. The van der Waals surface area contributed by atoms with Gasteiger partial charge in [0.05, 0.1) is 6.10 Å². The third-order valence-electron chi connectivity index (χ3n) is 3.45. The van der Waals surface area contributed by atoms with Gasteiger partial charge < -0.3 is 14.2 Å². The summed E-state index contributed by atoms with van der Waals surface area (Å²) in [5.41, 5.74) is -1.49. The molecular formula is C12H16O6. The molecule has 2 aliphatic rings. The molecular weight excluding hydrogens is 240 g/mol. The highest BCUT2D eigenvalue weighted by atomic mass is 16.7. The maximum absolute atomic E-state index is 12.2. The zero-order valence-electron chi connectivity index (χ0n) is 10.6. The van der Waals surface area contributed by atoms with Crippen molar-refractivity contribution in [2.45, 2.75) is 45.0 Å². The molecule has 2 rings (SSSR count). The summed E-state index contributed by atoms with van der Waals surface area (Å²) in [6, 6.07) is 0. The van der Waals surface area contributed by atoms with Crippen LogP contribution < -0.4 is 0 Å². The van der Waals surface area contributed by atoms with Gasteiger partial charge in [-0.05, 0) is 6.42 Å². The molecule has 1 saturated carbocycles. The molecule has 1 aliphatic heterocycles. The summed E-state index contributed by atoms with van der Waals surface area (Å²) >= 11 is 0. The molecule has 1 atom stereocenters. The standard InChI is InChI=1S/C12H16O6/c1-11(2)17-9(14)12(10(15)18-11)5-4-7(13)6-8(12)16-3/h8H,4-6H2,1-3H3/t8-/m0/s1. The smallest absolute Gasteiger partial charge is 0.329 e. The first-order valence-corrected chi connectivity index (χ1v) is 5.83. The SMILES string of the molecule is CO[C@H]1CC(=O)CCC12C(=O)OC(C)(C)OC2=O. The number of rotatable bonds is 1. The highest BCUT2D eigenvalue weighted by Gasteiger charge is 2.62. The molecule has 0 aromatic carbocycles. The zero-order valence-corrected chi connectivity index (χ0v) is 10.6. The first-order valence-electron chi connectivity index (χ1n) is 5.83. The average molecular weight is 256 g/mol. The molecule has 1 heterocycles. The Balaban J connectivity index is 2.37. The van der Waals surface area contributed by atoms with E-state index in [1.54, 1.807) is 0 Å². The van der Waals surface area contributed by atoms with E-state index in [1.807, 2.05) is 0 Å². The lowest BCUT2D eigenvalue weighted by atomic mass is 9.70. The number of ketones is 1. The van der Waals surface area contributed by atoms with Gasteiger partial charge in [0, 0.05) is 33.8 Å². The van der Waals surface area contributed by atoms with E-state index in [0.717, 1.165) is 0 Å².